The number of fused-ring (bicyclic) bond motifs is 4. The van der Waals surface area contributed by atoms with Crippen molar-refractivity contribution in [3.63, 3.8) is 0 Å². The number of piperidine rings is 1. The van der Waals surface area contributed by atoms with E-state index in [0.717, 1.165) is 58.3 Å². The molecule has 1 spiro atoms. The lowest BCUT2D eigenvalue weighted by Crippen LogP contribution is -2.54. The third-order valence-corrected chi connectivity index (χ3v) is 8.34. The van der Waals surface area contributed by atoms with Crippen LogP contribution < -0.4 is 0 Å². The fourth-order valence-corrected chi connectivity index (χ4v) is 6.69. The van der Waals surface area contributed by atoms with Crippen LogP contribution in [0.1, 0.15) is 63.0 Å². The highest BCUT2D eigenvalue weighted by Crippen LogP contribution is 2.43. The van der Waals surface area contributed by atoms with Gasteiger partial charge in [-0.2, -0.15) is 0 Å². The molecule has 3 unspecified atom stereocenters. The summed E-state index contributed by atoms with van der Waals surface area (Å²) < 4.78 is 0. The van der Waals surface area contributed by atoms with Crippen molar-refractivity contribution in [1.29, 1.82) is 0 Å². The highest BCUT2D eigenvalue weighted by molar-refractivity contribution is 5.74. The van der Waals surface area contributed by atoms with E-state index in [-0.39, 0.29) is 11.3 Å². The summed E-state index contributed by atoms with van der Waals surface area (Å²) in [6.45, 7) is 5.52. The maximum absolute atomic E-state index is 12.2. The molecule has 2 bridgehead atoms. The third kappa shape index (κ3) is 3.27. The van der Waals surface area contributed by atoms with Crippen LogP contribution in [0.15, 0.2) is 24.3 Å². The van der Waals surface area contributed by atoms with Gasteiger partial charge in [-0.3, -0.25) is 9.59 Å². The van der Waals surface area contributed by atoms with Crippen molar-refractivity contribution < 1.29 is 9.59 Å². The van der Waals surface area contributed by atoms with Gasteiger partial charge in [0.25, 0.3) is 0 Å². The molecular formula is C24H33N3O2. The second-order valence-corrected chi connectivity index (χ2v) is 9.75. The third-order valence-electron chi connectivity index (χ3n) is 8.34. The summed E-state index contributed by atoms with van der Waals surface area (Å²) in [5, 5.41) is 0. The highest BCUT2D eigenvalue weighted by Gasteiger charge is 2.45. The fraction of sp³-hybridized carbons (Fsp3) is 0.667. The van der Waals surface area contributed by atoms with Gasteiger partial charge < -0.3 is 14.7 Å². The first-order valence-electron chi connectivity index (χ1n) is 11.4. The molecule has 29 heavy (non-hydrogen) atoms. The first-order valence-corrected chi connectivity index (χ1v) is 11.4. The molecule has 5 rings (SSSR count). The number of hydrogen-bond acceptors (Lipinski definition) is 3. The minimum absolute atomic E-state index is 0.107. The van der Waals surface area contributed by atoms with Crippen LogP contribution in [-0.4, -0.2) is 64.8 Å². The monoisotopic (exact) mass is 395 g/mol. The Morgan fingerprint density at radius 1 is 1.03 bits per heavy atom. The molecular weight excluding hydrogens is 362 g/mol. The Bertz CT molecular complexity index is 786. The van der Waals surface area contributed by atoms with Crippen molar-refractivity contribution in [3.05, 3.63) is 35.4 Å². The van der Waals surface area contributed by atoms with E-state index in [1.807, 2.05) is 4.90 Å². The van der Waals surface area contributed by atoms with Crippen molar-refractivity contribution in [2.24, 2.45) is 0 Å². The molecule has 0 radical (unpaired) electrons. The summed E-state index contributed by atoms with van der Waals surface area (Å²) in [5.74, 6) is 0.190. The largest absolute Gasteiger partial charge is 0.339 e. The number of carbonyl (C=O) groups is 2. The minimum atomic E-state index is 0.107. The van der Waals surface area contributed by atoms with Crippen molar-refractivity contribution >= 4 is 12.3 Å². The van der Waals surface area contributed by atoms with E-state index in [9.17, 15) is 9.59 Å². The van der Waals surface area contributed by atoms with Crippen LogP contribution >= 0.6 is 0 Å². The van der Waals surface area contributed by atoms with Crippen LogP contribution in [0.2, 0.25) is 0 Å². The number of benzene rings is 1. The maximum atomic E-state index is 12.2. The Kier molecular flexibility index (Phi) is 4.89. The Morgan fingerprint density at radius 2 is 1.72 bits per heavy atom. The second kappa shape index (κ2) is 7.42. The van der Waals surface area contributed by atoms with E-state index >= 15 is 0 Å². The first kappa shape index (κ1) is 19.1. The lowest BCUT2D eigenvalue weighted by molar-refractivity contribution is -0.131. The van der Waals surface area contributed by atoms with Crippen LogP contribution in [-0.2, 0) is 21.5 Å². The molecule has 1 aromatic carbocycles. The molecule has 4 heterocycles. The normalized spacial score (nSPS) is 31.4. The molecule has 3 saturated heterocycles. The summed E-state index contributed by atoms with van der Waals surface area (Å²) in [5.41, 5.74) is 2.91. The maximum Gasteiger partial charge on any atom is 0.219 e. The predicted octanol–water partition coefficient (Wildman–Crippen LogP) is 2.92. The molecule has 0 saturated carbocycles. The summed E-state index contributed by atoms with van der Waals surface area (Å²) in [6, 6.07) is 10.3. The van der Waals surface area contributed by atoms with Gasteiger partial charge in [-0.25, -0.2) is 0 Å². The molecule has 0 N–H and O–H groups in total. The van der Waals surface area contributed by atoms with Crippen LogP contribution in [0.4, 0.5) is 0 Å². The lowest BCUT2D eigenvalue weighted by Gasteiger charge is -2.50. The SMILES string of the molecule is CC(=O)N1Cc2ccccc2C2(CCN(C3CCC4CCC(C3)N4C=O)CC2)C1. The van der Waals surface area contributed by atoms with Gasteiger partial charge in [-0.15, -0.1) is 0 Å². The van der Waals surface area contributed by atoms with Crippen LogP contribution in [0, 0.1) is 0 Å². The zero-order chi connectivity index (χ0) is 20.0. The molecule has 5 nitrogen and oxygen atoms in total. The van der Waals surface area contributed by atoms with Crippen molar-refractivity contribution in [1.82, 2.24) is 14.7 Å². The Morgan fingerprint density at radius 3 is 2.45 bits per heavy atom. The molecule has 156 valence electrons. The Balaban J connectivity index is 1.32. The minimum Gasteiger partial charge on any atom is -0.339 e. The van der Waals surface area contributed by atoms with Gasteiger partial charge in [0.15, 0.2) is 0 Å². The number of nitrogens with zero attached hydrogens (tertiary/aromatic N) is 3. The summed E-state index contributed by atoms with van der Waals surface area (Å²) in [6.07, 6.45) is 9.22. The van der Waals surface area contributed by atoms with Gasteiger partial charge in [-0.1, -0.05) is 24.3 Å². The van der Waals surface area contributed by atoms with Crippen molar-refractivity contribution in [2.75, 3.05) is 19.6 Å². The van der Waals surface area contributed by atoms with Gasteiger partial charge in [-0.05, 0) is 69.2 Å². The van der Waals surface area contributed by atoms with Gasteiger partial charge >= 0.3 is 0 Å². The number of hydrogen-bond donors (Lipinski definition) is 0. The zero-order valence-electron chi connectivity index (χ0n) is 17.6. The Hall–Kier alpha value is -1.88. The molecule has 5 heteroatoms. The van der Waals surface area contributed by atoms with E-state index in [2.05, 4.69) is 34.1 Å². The van der Waals surface area contributed by atoms with E-state index in [1.54, 1.807) is 6.92 Å². The summed E-state index contributed by atoms with van der Waals surface area (Å²) >= 11 is 0. The average molecular weight is 396 g/mol. The van der Waals surface area contributed by atoms with Crippen LogP contribution in [0.25, 0.3) is 0 Å². The molecule has 0 aromatic heterocycles. The van der Waals surface area contributed by atoms with E-state index < -0.39 is 0 Å². The van der Waals surface area contributed by atoms with Crippen LogP contribution in [0.3, 0.4) is 0 Å². The molecule has 3 fully saturated rings. The Labute approximate surface area is 174 Å². The molecule has 3 atom stereocenters. The quantitative estimate of drug-likeness (QED) is 0.723. The van der Waals surface area contributed by atoms with E-state index in [1.165, 1.54) is 30.4 Å². The zero-order valence-corrected chi connectivity index (χ0v) is 17.6. The van der Waals surface area contributed by atoms with Crippen molar-refractivity contribution in [2.45, 2.75) is 82.0 Å². The topological polar surface area (TPSA) is 43.9 Å². The van der Waals surface area contributed by atoms with E-state index in [4.69, 9.17) is 0 Å². The molecule has 1 aromatic rings. The van der Waals surface area contributed by atoms with Gasteiger partial charge in [0.2, 0.25) is 12.3 Å². The molecule has 4 aliphatic heterocycles. The fourth-order valence-electron chi connectivity index (χ4n) is 6.69. The predicted molar refractivity (Wildman–Crippen MR) is 112 cm³/mol. The van der Waals surface area contributed by atoms with Crippen LogP contribution in [0.5, 0.6) is 0 Å². The smallest absolute Gasteiger partial charge is 0.219 e. The molecule has 0 aliphatic carbocycles. The second-order valence-electron chi connectivity index (χ2n) is 9.75. The number of carbonyl (C=O) groups excluding carboxylic acids is 2. The van der Waals surface area contributed by atoms with Gasteiger partial charge in [0.1, 0.15) is 0 Å². The summed E-state index contributed by atoms with van der Waals surface area (Å²) in [7, 11) is 0. The average Bonchev–Trinajstić information content (AvgIpc) is 3.02. The lowest BCUT2D eigenvalue weighted by atomic mass is 9.68. The van der Waals surface area contributed by atoms with Gasteiger partial charge in [0.05, 0.1) is 0 Å². The standard InChI is InChI=1S/C24H33N3O2/c1-18(29)26-15-19-4-2-3-5-23(19)24(16-26)10-12-25(13-11-24)21-8-6-20-7-9-22(14-21)27(20)17-28/h2-5,17,20-22H,6-16H2,1H3. The molecule has 4 aliphatic rings. The highest BCUT2D eigenvalue weighted by atomic mass is 16.2. The summed E-state index contributed by atoms with van der Waals surface area (Å²) in [4.78, 5) is 30.6. The number of rotatable bonds is 2. The number of amides is 2. The molecule has 2 amide bonds. The number of likely N-dealkylation sites (tertiary alicyclic amines) is 1. The van der Waals surface area contributed by atoms with Crippen molar-refractivity contribution in [3.8, 4) is 0 Å². The first-order chi connectivity index (χ1) is 14.1. The van der Waals surface area contributed by atoms with Gasteiger partial charge in [0, 0.05) is 43.6 Å². The van der Waals surface area contributed by atoms with E-state index in [0.29, 0.717) is 18.1 Å².